The number of carbonyl (C=O) groups excluding carboxylic acids is 2. The van der Waals surface area contributed by atoms with Crippen LogP contribution in [-0.2, 0) is 6.54 Å². The van der Waals surface area contributed by atoms with Crippen molar-refractivity contribution in [3.63, 3.8) is 0 Å². The Balaban J connectivity index is 1.96. The monoisotopic (exact) mass is 676 g/mol. The van der Waals surface area contributed by atoms with Gasteiger partial charge >= 0.3 is 6.09 Å². The summed E-state index contributed by atoms with van der Waals surface area (Å²) in [6.45, 7) is 1.80. The van der Waals surface area contributed by atoms with Crippen molar-refractivity contribution in [2.75, 3.05) is 11.9 Å². The van der Waals surface area contributed by atoms with Crippen LogP contribution in [0.25, 0.3) is 0 Å². The molecule has 0 unspecified atom stereocenters. The number of carbonyl (C=O) groups is 3. The van der Waals surface area contributed by atoms with E-state index in [4.69, 9.17) is 16.7 Å². The van der Waals surface area contributed by atoms with Crippen LogP contribution in [0.5, 0.6) is 0 Å². The van der Waals surface area contributed by atoms with Gasteiger partial charge in [-0.15, -0.1) is 0 Å². The van der Waals surface area contributed by atoms with Gasteiger partial charge in [-0.2, -0.15) is 5.10 Å². The second-order valence-corrected chi connectivity index (χ2v) is 9.66. The summed E-state index contributed by atoms with van der Waals surface area (Å²) in [5.74, 6) is -1.21. The fraction of sp³-hybridized carbons (Fsp3) is 0.150. The molecule has 178 valence electrons. The van der Waals surface area contributed by atoms with Crippen molar-refractivity contribution in [1.82, 2.24) is 25.2 Å². The summed E-state index contributed by atoms with van der Waals surface area (Å²) in [7, 11) is 0. The maximum atomic E-state index is 13.2. The highest BCUT2D eigenvalue weighted by Crippen LogP contribution is 2.32. The Bertz CT molecular complexity index is 1270. The zero-order valence-electron chi connectivity index (χ0n) is 17.4. The van der Waals surface area contributed by atoms with E-state index in [9.17, 15) is 14.4 Å². The van der Waals surface area contributed by atoms with E-state index >= 15 is 0 Å². The Morgan fingerprint density at radius 2 is 1.94 bits per heavy atom. The van der Waals surface area contributed by atoms with E-state index in [0.717, 1.165) is 5.01 Å². The van der Waals surface area contributed by atoms with E-state index in [1.165, 1.54) is 16.8 Å². The molecular formula is C20H16Br3ClN6O4. The number of hydrogen-bond donors (Lipinski definition) is 3. The number of amides is 3. The molecule has 2 heterocycles. The molecule has 3 rings (SSSR count). The van der Waals surface area contributed by atoms with Crippen molar-refractivity contribution >= 4 is 83.0 Å². The molecule has 14 heteroatoms. The zero-order valence-corrected chi connectivity index (χ0v) is 22.9. The molecule has 0 aliphatic rings. The number of aromatic nitrogens is 3. The molecule has 34 heavy (non-hydrogen) atoms. The molecule has 0 radical (unpaired) electrons. The van der Waals surface area contributed by atoms with Crippen LogP contribution in [0, 0.1) is 0 Å². The molecule has 0 bridgehead atoms. The summed E-state index contributed by atoms with van der Waals surface area (Å²) in [5, 5.41) is 17.4. The highest BCUT2D eigenvalue weighted by Gasteiger charge is 2.25. The topological polar surface area (TPSA) is 129 Å². The van der Waals surface area contributed by atoms with Crippen molar-refractivity contribution in [2.45, 2.75) is 13.5 Å². The van der Waals surface area contributed by atoms with Gasteiger partial charge in [-0.3, -0.25) is 19.3 Å². The minimum atomic E-state index is -1.39. The number of anilines is 1. The minimum Gasteiger partial charge on any atom is -0.464 e. The molecule has 0 aliphatic carbocycles. The third kappa shape index (κ3) is 6.14. The number of hydrogen-bond acceptors (Lipinski definition) is 5. The second-order valence-electron chi connectivity index (χ2n) is 6.67. The highest BCUT2D eigenvalue weighted by molar-refractivity contribution is 9.11. The summed E-state index contributed by atoms with van der Waals surface area (Å²) in [6, 6.07) is 8.03. The van der Waals surface area contributed by atoms with E-state index in [1.54, 1.807) is 31.3 Å². The first-order chi connectivity index (χ1) is 16.1. The molecule has 0 aliphatic heterocycles. The van der Waals surface area contributed by atoms with Gasteiger partial charge in [0, 0.05) is 27.8 Å². The molecule has 1 aromatic carbocycles. The number of pyridine rings is 1. The van der Waals surface area contributed by atoms with Gasteiger partial charge in [0.05, 0.1) is 28.5 Å². The van der Waals surface area contributed by atoms with Crippen molar-refractivity contribution in [1.29, 1.82) is 0 Å². The van der Waals surface area contributed by atoms with Gasteiger partial charge in [0.25, 0.3) is 11.8 Å². The Hall–Kier alpha value is -2.48. The van der Waals surface area contributed by atoms with Crippen LogP contribution in [0.2, 0.25) is 5.02 Å². The molecule has 0 spiro atoms. The van der Waals surface area contributed by atoms with Crippen LogP contribution in [0.3, 0.4) is 0 Å². The predicted octanol–water partition coefficient (Wildman–Crippen LogP) is 5.16. The number of rotatable bonds is 6. The lowest BCUT2D eigenvalue weighted by Crippen LogP contribution is -2.45. The van der Waals surface area contributed by atoms with Crippen LogP contribution in [-0.4, -0.2) is 49.3 Å². The van der Waals surface area contributed by atoms with Crippen LogP contribution in [0.4, 0.5) is 10.5 Å². The van der Waals surface area contributed by atoms with Gasteiger partial charge in [-0.25, -0.2) is 15.2 Å². The molecular weight excluding hydrogens is 663 g/mol. The van der Waals surface area contributed by atoms with Gasteiger partial charge < -0.3 is 10.4 Å². The lowest BCUT2D eigenvalue weighted by atomic mass is 10.1. The molecule has 3 amide bonds. The summed E-state index contributed by atoms with van der Waals surface area (Å²) in [5.41, 5.74) is 2.96. The van der Waals surface area contributed by atoms with Crippen molar-refractivity contribution < 1.29 is 19.5 Å². The fourth-order valence-corrected chi connectivity index (χ4v) is 4.86. The predicted molar refractivity (Wildman–Crippen MR) is 136 cm³/mol. The summed E-state index contributed by atoms with van der Waals surface area (Å²) >= 11 is 16.2. The smallest absolute Gasteiger partial charge is 0.423 e. The van der Waals surface area contributed by atoms with Crippen LogP contribution in [0.15, 0.2) is 50.1 Å². The van der Waals surface area contributed by atoms with Crippen LogP contribution < -0.4 is 10.7 Å². The van der Waals surface area contributed by atoms with Crippen LogP contribution in [0.1, 0.15) is 33.5 Å². The van der Waals surface area contributed by atoms with E-state index in [2.05, 4.69) is 63.2 Å². The number of nitrogens with one attached hydrogen (secondary N) is 2. The van der Waals surface area contributed by atoms with Crippen LogP contribution >= 0.6 is 59.4 Å². The molecule has 0 saturated carbocycles. The highest BCUT2D eigenvalue weighted by atomic mass is 79.9. The Morgan fingerprint density at radius 1 is 1.21 bits per heavy atom. The van der Waals surface area contributed by atoms with Gasteiger partial charge in [-0.05, 0) is 63.0 Å². The van der Waals surface area contributed by atoms with E-state index in [0.29, 0.717) is 24.3 Å². The average Bonchev–Trinajstić information content (AvgIpc) is 3.14. The lowest BCUT2D eigenvalue weighted by Gasteiger charge is -2.22. The molecule has 0 fully saturated rings. The van der Waals surface area contributed by atoms with Crippen molar-refractivity contribution in [3.05, 3.63) is 72.1 Å². The standard InChI is InChI=1S/C20H16Br3ClN6O4/c1-2-29(28-20(33)34)19(32)11-6-10(21)7-12(22)17(11)26-18(31)15-8-16(23)27-30(15)9-14-13(24)4-3-5-25-14/h3-8,28H,2,9H2,1H3,(H,26,31)(H,33,34). The molecule has 0 atom stereocenters. The SMILES string of the molecule is CCN(NC(=O)O)C(=O)c1cc(Br)cc(Br)c1NC(=O)c1cc(Br)nn1Cc1ncccc1Cl. The Labute approximate surface area is 224 Å². The van der Waals surface area contributed by atoms with E-state index in [-0.39, 0.29) is 30.0 Å². The van der Waals surface area contributed by atoms with Crippen molar-refractivity contribution in [3.8, 4) is 0 Å². The van der Waals surface area contributed by atoms with Gasteiger partial charge in [0.1, 0.15) is 10.3 Å². The number of carboxylic acid groups (broad SMARTS) is 1. The van der Waals surface area contributed by atoms with Gasteiger partial charge in [0.15, 0.2) is 0 Å². The first kappa shape index (κ1) is 26.1. The number of benzene rings is 1. The van der Waals surface area contributed by atoms with E-state index < -0.39 is 17.9 Å². The Morgan fingerprint density at radius 3 is 2.59 bits per heavy atom. The quantitative estimate of drug-likeness (QED) is 0.309. The van der Waals surface area contributed by atoms with Gasteiger partial charge in [-0.1, -0.05) is 27.5 Å². The fourth-order valence-electron chi connectivity index (χ4n) is 2.95. The average molecular weight is 680 g/mol. The molecule has 3 aromatic rings. The number of hydrazine groups is 1. The molecule has 3 N–H and O–H groups in total. The maximum Gasteiger partial charge on any atom is 0.423 e. The molecule has 0 saturated heterocycles. The maximum absolute atomic E-state index is 13.2. The third-order valence-electron chi connectivity index (χ3n) is 4.43. The number of nitrogens with zero attached hydrogens (tertiary/aromatic N) is 4. The number of halogens is 4. The van der Waals surface area contributed by atoms with E-state index in [1.807, 2.05) is 5.43 Å². The third-order valence-corrected chi connectivity index (χ3v) is 6.25. The lowest BCUT2D eigenvalue weighted by molar-refractivity contribution is 0.0661. The minimum absolute atomic E-state index is 0.0584. The largest absolute Gasteiger partial charge is 0.464 e. The summed E-state index contributed by atoms with van der Waals surface area (Å²) in [6.07, 6.45) is 0.192. The Kier molecular flexibility index (Phi) is 8.68. The van der Waals surface area contributed by atoms with Crippen molar-refractivity contribution in [2.24, 2.45) is 0 Å². The van der Waals surface area contributed by atoms with Gasteiger partial charge in [0.2, 0.25) is 0 Å². The first-order valence-corrected chi connectivity index (χ1v) is 12.3. The first-order valence-electron chi connectivity index (χ1n) is 9.55. The molecule has 2 aromatic heterocycles. The molecule has 10 nitrogen and oxygen atoms in total. The summed E-state index contributed by atoms with van der Waals surface area (Å²) < 4.78 is 2.79. The summed E-state index contributed by atoms with van der Waals surface area (Å²) in [4.78, 5) is 41.6. The zero-order chi connectivity index (χ0) is 25.0. The second kappa shape index (κ2) is 11.3. The normalized spacial score (nSPS) is 10.6.